The molecule has 1 atom stereocenters. The van der Waals surface area contributed by atoms with Gasteiger partial charge >= 0.3 is 6.09 Å². The molecule has 8 heteroatoms. The van der Waals surface area contributed by atoms with Gasteiger partial charge in [0.2, 0.25) is 0 Å². The lowest BCUT2D eigenvalue weighted by Gasteiger charge is -2.24. The summed E-state index contributed by atoms with van der Waals surface area (Å²) in [7, 11) is 0. The van der Waals surface area contributed by atoms with Crippen molar-refractivity contribution in [3.05, 3.63) is 90.6 Å². The van der Waals surface area contributed by atoms with Crippen LogP contribution in [0.25, 0.3) is 32.8 Å². The Labute approximate surface area is 226 Å². The van der Waals surface area contributed by atoms with Crippen molar-refractivity contribution in [1.29, 1.82) is 5.26 Å². The molecule has 0 aliphatic carbocycles. The molecule has 39 heavy (non-hydrogen) atoms. The summed E-state index contributed by atoms with van der Waals surface area (Å²) in [6.45, 7) is 5.65. The average Bonchev–Trinajstić information content (AvgIpc) is 3.33. The molecular formula is C31H29N5O3. The molecule has 3 heterocycles. The van der Waals surface area contributed by atoms with Gasteiger partial charge in [0.1, 0.15) is 29.7 Å². The van der Waals surface area contributed by atoms with E-state index in [9.17, 15) is 10.1 Å². The van der Waals surface area contributed by atoms with Crippen molar-refractivity contribution in [2.24, 2.45) is 0 Å². The van der Waals surface area contributed by atoms with Gasteiger partial charge in [-0.1, -0.05) is 30.3 Å². The van der Waals surface area contributed by atoms with Crippen LogP contribution in [-0.2, 0) is 11.2 Å². The Morgan fingerprint density at radius 1 is 1.10 bits per heavy atom. The summed E-state index contributed by atoms with van der Waals surface area (Å²) in [4.78, 5) is 24.4. The fraction of sp³-hybridized carbons (Fsp3) is 0.226. The van der Waals surface area contributed by atoms with Gasteiger partial charge in [0.25, 0.3) is 0 Å². The van der Waals surface area contributed by atoms with Crippen LogP contribution in [0.15, 0.2) is 79.4 Å². The van der Waals surface area contributed by atoms with E-state index < -0.39 is 11.7 Å². The van der Waals surface area contributed by atoms with E-state index in [2.05, 4.69) is 26.3 Å². The number of alkyl carbamates (subject to hydrolysis) is 1. The van der Waals surface area contributed by atoms with Crippen LogP contribution >= 0.6 is 0 Å². The predicted molar refractivity (Wildman–Crippen MR) is 150 cm³/mol. The number of fused-ring (bicyclic) bond motifs is 2. The van der Waals surface area contributed by atoms with Crippen molar-refractivity contribution in [1.82, 2.24) is 20.3 Å². The van der Waals surface area contributed by atoms with Crippen LogP contribution in [0.5, 0.6) is 5.75 Å². The molecule has 0 fully saturated rings. The Bertz CT molecular complexity index is 1680. The lowest BCUT2D eigenvalue weighted by molar-refractivity contribution is 0.0488. The van der Waals surface area contributed by atoms with Gasteiger partial charge in [-0.15, -0.1) is 0 Å². The number of nitrogens with one attached hydrogen (secondary N) is 2. The lowest BCUT2D eigenvalue weighted by atomic mass is 10.0. The third kappa shape index (κ3) is 6.16. The number of benzene rings is 2. The fourth-order valence-electron chi connectivity index (χ4n) is 4.47. The second-order valence-electron chi connectivity index (χ2n) is 10.3. The van der Waals surface area contributed by atoms with Crippen LogP contribution in [-0.4, -0.2) is 39.3 Å². The number of pyridine rings is 2. The first-order valence-corrected chi connectivity index (χ1v) is 12.7. The number of carbonyl (C=O) groups excluding carboxylic acids is 1. The minimum Gasteiger partial charge on any atom is -0.490 e. The Kier molecular flexibility index (Phi) is 7.15. The van der Waals surface area contributed by atoms with E-state index in [0.29, 0.717) is 23.4 Å². The van der Waals surface area contributed by atoms with Gasteiger partial charge in [-0.25, -0.2) is 9.78 Å². The fourth-order valence-corrected chi connectivity index (χ4v) is 4.47. The molecule has 8 nitrogen and oxygen atoms in total. The summed E-state index contributed by atoms with van der Waals surface area (Å²) >= 11 is 0. The summed E-state index contributed by atoms with van der Waals surface area (Å²) in [5.41, 5.74) is 3.28. The first kappa shape index (κ1) is 25.7. The summed E-state index contributed by atoms with van der Waals surface area (Å²) < 4.78 is 11.6. The molecule has 0 saturated carbocycles. The highest BCUT2D eigenvalue weighted by atomic mass is 16.6. The maximum absolute atomic E-state index is 12.7. The molecule has 2 aromatic carbocycles. The first-order chi connectivity index (χ1) is 18.8. The highest BCUT2D eigenvalue weighted by molar-refractivity contribution is 5.87. The van der Waals surface area contributed by atoms with E-state index in [1.165, 1.54) is 6.20 Å². The Hall–Kier alpha value is -4.90. The molecule has 0 aliphatic rings. The van der Waals surface area contributed by atoms with Crippen molar-refractivity contribution in [3.8, 4) is 22.9 Å². The monoisotopic (exact) mass is 519 g/mol. The van der Waals surface area contributed by atoms with E-state index in [4.69, 9.17) is 9.47 Å². The number of hydrogen-bond donors (Lipinski definition) is 2. The van der Waals surface area contributed by atoms with Crippen molar-refractivity contribution >= 4 is 27.8 Å². The van der Waals surface area contributed by atoms with Crippen molar-refractivity contribution in [2.75, 3.05) is 6.61 Å². The van der Waals surface area contributed by atoms with E-state index in [1.54, 1.807) is 12.4 Å². The highest BCUT2D eigenvalue weighted by Crippen LogP contribution is 2.29. The molecule has 5 aromatic rings. The normalized spacial score (nSPS) is 12.2. The summed E-state index contributed by atoms with van der Waals surface area (Å²) in [5, 5.41) is 15.8. The van der Waals surface area contributed by atoms with Crippen molar-refractivity contribution in [3.63, 3.8) is 0 Å². The second kappa shape index (κ2) is 10.8. The van der Waals surface area contributed by atoms with Crippen LogP contribution in [0.3, 0.4) is 0 Å². The van der Waals surface area contributed by atoms with Crippen LogP contribution in [0.4, 0.5) is 4.79 Å². The summed E-state index contributed by atoms with van der Waals surface area (Å²) in [6, 6.07) is 19.5. The minimum atomic E-state index is -0.627. The van der Waals surface area contributed by atoms with Gasteiger partial charge in [-0.2, -0.15) is 5.26 Å². The number of carbonyl (C=O) groups is 1. The zero-order valence-electron chi connectivity index (χ0n) is 22.1. The second-order valence-corrected chi connectivity index (χ2v) is 10.3. The van der Waals surface area contributed by atoms with E-state index in [-0.39, 0.29) is 12.6 Å². The van der Waals surface area contributed by atoms with Crippen molar-refractivity contribution < 1.29 is 14.3 Å². The number of rotatable bonds is 7. The van der Waals surface area contributed by atoms with Crippen LogP contribution in [0.2, 0.25) is 0 Å². The molecule has 1 unspecified atom stereocenters. The zero-order chi connectivity index (χ0) is 27.4. The van der Waals surface area contributed by atoms with Gasteiger partial charge < -0.3 is 19.8 Å². The Morgan fingerprint density at radius 2 is 1.95 bits per heavy atom. The molecule has 0 spiro atoms. The maximum Gasteiger partial charge on any atom is 0.408 e. The smallest absolute Gasteiger partial charge is 0.408 e. The molecule has 1 amide bonds. The predicted octanol–water partition coefficient (Wildman–Crippen LogP) is 6.16. The minimum absolute atomic E-state index is 0.176. The van der Waals surface area contributed by atoms with Crippen LogP contribution in [0.1, 0.15) is 32.0 Å². The standard InChI is InChI=1S/C31H29N5O3/c1-31(2,3)39-30(37)36-24(13-23-17-34-28-7-5-4-6-26(23)28)19-38-25-14-27(29(15-32)35-18-25)21-8-9-22-16-33-11-10-20(22)12-21/h4-12,14,16-18,24,34H,13,19H2,1-3H3,(H,36,37). The number of aromatic nitrogens is 3. The maximum atomic E-state index is 12.7. The molecule has 0 bridgehead atoms. The molecule has 5 rings (SSSR count). The molecule has 3 aromatic heterocycles. The van der Waals surface area contributed by atoms with Crippen LogP contribution < -0.4 is 10.1 Å². The number of nitriles is 1. The molecule has 2 N–H and O–H groups in total. The van der Waals surface area contributed by atoms with E-state index in [1.807, 2.05) is 81.6 Å². The summed E-state index contributed by atoms with van der Waals surface area (Å²) in [6.07, 6.45) is 7.03. The Morgan fingerprint density at radius 3 is 2.77 bits per heavy atom. The zero-order valence-corrected chi connectivity index (χ0v) is 22.1. The Balaban J connectivity index is 1.39. The SMILES string of the molecule is CC(C)(C)OC(=O)NC(COc1cnc(C#N)c(-c2ccc3cnccc3c2)c1)Cc1c[nH]c2ccccc12. The van der Waals surface area contributed by atoms with Gasteiger partial charge in [-0.05, 0) is 68.0 Å². The number of amides is 1. The number of H-pyrrole nitrogens is 1. The highest BCUT2D eigenvalue weighted by Gasteiger charge is 2.22. The van der Waals surface area contributed by atoms with Crippen molar-refractivity contribution in [2.45, 2.75) is 38.8 Å². The lowest BCUT2D eigenvalue weighted by Crippen LogP contribution is -2.43. The quantitative estimate of drug-likeness (QED) is 0.266. The van der Waals surface area contributed by atoms with Gasteiger partial charge in [-0.3, -0.25) is 4.98 Å². The number of aromatic amines is 1. The molecule has 0 aliphatic heterocycles. The third-order valence-electron chi connectivity index (χ3n) is 6.23. The number of hydrogen-bond acceptors (Lipinski definition) is 6. The number of para-hydroxylation sites is 1. The van der Waals surface area contributed by atoms with Gasteiger partial charge in [0.15, 0.2) is 0 Å². The van der Waals surface area contributed by atoms with E-state index >= 15 is 0 Å². The number of ether oxygens (including phenoxy) is 2. The number of nitrogens with zero attached hydrogens (tertiary/aromatic N) is 3. The molecule has 196 valence electrons. The molecule has 0 radical (unpaired) electrons. The summed E-state index contributed by atoms with van der Waals surface area (Å²) in [5.74, 6) is 0.494. The first-order valence-electron chi connectivity index (χ1n) is 12.7. The topological polar surface area (TPSA) is 113 Å². The average molecular weight is 520 g/mol. The van der Waals surface area contributed by atoms with Gasteiger partial charge in [0, 0.05) is 40.4 Å². The molecular weight excluding hydrogens is 490 g/mol. The van der Waals surface area contributed by atoms with Gasteiger partial charge in [0.05, 0.1) is 12.2 Å². The third-order valence-corrected chi connectivity index (χ3v) is 6.23. The largest absolute Gasteiger partial charge is 0.490 e. The molecule has 0 saturated heterocycles. The van der Waals surface area contributed by atoms with Crippen LogP contribution in [0, 0.1) is 11.3 Å². The van der Waals surface area contributed by atoms with E-state index in [0.717, 1.165) is 32.8 Å².